The third-order valence-corrected chi connectivity index (χ3v) is 14.3. The first-order valence-corrected chi connectivity index (χ1v) is 22.6. The summed E-state index contributed by atoms with van der Waals surface area (Å²) < 4.78 is 18.8. The summed E-state index contributed by atoms with van der Waals surface area (Å²) in [5.41, 5.74) is 11.6. The van der Waals surface area contributed by atoms with Crippen LogP contribution in [0.25, 0.3) is 22.3 Å². The van der Waals surface area contributed by atoms with Gasteiger partial charge < -0.3 is 30.1 Å². The number of anilines is 3. The Kier molecular flexibility index (Phi) is 10.8. The van der Waals surface area contributed by atoms with Gasteiger partial charge in [0.25, 0.3) is 5.91 Å². The van der Waals surface area contributed by atoms with Crippen molar-refractivity contribution in [2.75, 3.05) is 67.9 Å². The number of likely N-dealkylation sites (tertiary alicyclic amines) is 2. The first-order chi connectivity index (χ1) is 30.5. The van der Waals surface area contributed by atoms with Crippen LogP contribution < -0.4 is 20.9 Å². The SMILES string of the molecule is C[C@@H]1CCN(c2cc(-c3ccccc3O)nnc2N)C[C@H]1c1ccc(C(=O)N2CCC(F)(CN3CCC(n4cc(C5CC5)c5cc(N6CCC(=O)NC6=O)cnc54)CC3)CC2)cc1. The zero-order valence-electron chi connectivity index (χ0n) is 35.8. The quantitative estimate of drug-likeness (QED) is 0.140. The molecule has 4 N–H and O–H groups in total. The summed E-state index contributed by atoms with van der Waals surface area (Å²) in [5.74, 6) is 1.27. The number of aromatic nitrogens is 4. The number of amides is 4. The van der Waals surface area contributed by atoms with Gasteiger partial charge in [-0.3, -0.25) is 19.8 Å². The van der Waals surface area contributed by atoms with E-state index in [0.717, 1.165) is 80.6 Å². The van der Waals surface area contributed by atoms with E-state index >= 15 is 4.39 Å². The van der Waals surface area contributed by atoms with Crippen LogP contribution in [0.1, 0.15) is 97.7 Å². The van der Waals surface area contributed by atoms with Gasteiger partial charge >= 0.3 is 6.03 Å². The van der Waals surface area contributed by atoms with E-state index in [1.165, 1.54) is 5.56 Å². The van der Waals surface area contributed by atoms with Gasteiger partial charge in [-0.15, -0.1) is 10.2 Å². The monoisotopic (exact) mass is 854 g/mol. The van der Waals surface area contributed by atoms with Gasteiger partial charge in [-0.1, -0.05) is 31.2 Å². The highest BCUT2D eigenvalue weighted by Crippen LogP contribution is 2.46. The van der Waals surface area contributed by atoms with Crippen LogP contribution >= 0.6 is 0 Å². The lowest BCUT2D eigenvalue weighted by molar-refractivity contribution is -0.120. The molecule has 4 saturated heterocycles. The molecule has 10 rings (SSSR count). The number of benzene rings is 2. The maximum absolute atomic E-state index is 16.5. The van der Waals surface area contributed by atoms with Crippen molar-refractivity contribution in [2.24, 2.45) is 5.92 Å². The van der Waals surface area contributed by atoms with E-state index in [9.17, 15) is 19.5 Å². The van der Waals surface area contributed by atoms with Gasteiger partial charge in [0.15, 0.2) is 5.82 Å². The van der Waals surface area contributed by atoms with Gasteiger partial charge in [-0.05, 0) is 91.5 Å². The van der Waals surface area contributed by atoms with E-state index in [-0.39, 0.29) is 35.9 Å². The number of phenolic OH excluding ortho intramolecular Hbond substituents is 1. The maximum Gasteiger partial charge on any atom is 0.328 e. The number of phenols is 1. The van der Waals surface area contributed by atoms with Crippen LogP contribution in [0.15, 0.2) is 73.1 Å². The molecule has 7 heterocycles. The zero-order chi connectivity index (χ0) is 43.4. The Morgan fingerprint density at radius 2 is 1.70 bits per heavy atom. The fraction of sp³-hybridized carbons (Fsp3) is 0.458. The van der Waals surface area contributed by atoms with Crippen LogP contribution in [0.2, 0.25) is 0 Å². The first-order valence-electron chi connectivity index (χ1n) is 22.6. The van der Waals surface area contributed by atoms with Crippen molar-refractivity contribution in [3.05, 3.63) is 89.7 Å². The van der Waals surface area contributed by atoms with Crippen molar-refractivity contribution < 1.29 is 23.9 Å². The highest BCUT2D eigenvalue weighted by molar-refractivity contribution is 6.06. The van der Waals surface area contributed by atoms with Crippen molar-refractivity contribution >= 4 is 46.1 Å². The van der Waals surface area contributed by atoms with Gasteiger partial charge in [0.1, 0.15) is 17.1 Å². The molecule has 15 heteroatoms. The molecule has 5 aliphatic rings. The number of pyridine rings is 1. The van der Waals surface area contributed by atoms with Crippen molar-refractivity contribution in [3.8, 4) is 17.0 Å². The molecule has 4 aliphatic heterocycles. The normalized spacial score (nSPS) is 22.4. The molecule has 0 unspecified atom stereocenters. The Morgan fingerprint density at radius 3 is 2.43 bits per heavy atom. The molecule has 328 valence electrons. The standard InChI is InChI=1S/C48H55FN10O4/c1-30-12-20-57(41-25-40(53-54-44(41)50)36-4-2-3-5-42(36)60)27-38(30)31-8-10-33(11-9-31)46(62)56-22-16-48(49,17-23-56)29-55-18-13-34(14-19-55)59-28-39(32-6-7-32)37-24-35(26-51-45(37)59)58-21-15-43(61)52-47(58)63/h2-5,8-11,24-26,28,30,32,34,38,60H,6-7,12-23,27,29H2,1H3,(H2,50,54)(H,52,61,63)/t30-,38-/m1/s1. The average molecular weight is 855 g/mol. The van der Waals surface area contributed by atoms with Crippen molar-refractivity contribution in [1.82, 2.24) is 34.9 Å². The number of carbonyl (C=O) groups excluding carboxylic acids is 3. The van der Waals surface area contributed by atoms with Crippen LogP contribution in [0.3, 0.4) is 0 Å². The van der Waals surface area contributed by atoms with Gasteiger partial charge in [0.2, 0.25) is 5.91 Å². The number of urea groups is 1. The molecule has 63 heavy (non-hydrogen) atoms. The number of alkyl halides is 1. The molecule has 0 radical (unpaired) electrons. The molecule has 2 aromatic carbocycles. The Hall–Kier alpha value is -6.09. The van der Waals surface area contributed by atoms with Gasteiger partial charge in [-0.25, -0.2) is 14.2 Å². The van der Waals surface area contributed by atoms with E-state index in [0.29, 0.717) is 79.2 Å². The fourth-order valence-corrected chi connectivity index (χ4v) is 10.4. The minimum atomic E-state index is -1.35. The predicted molar refractivity (Wildman–Crippen MR) is 240 cm³/mol. The average Bonchev–Trinajstić information content (AvgIpc) is 4.07. The van der Waals surface area contributed by atoms with Crippen LogP contribution in [-0.4, -0.2) is 111 Å². The van der Waals surface area contributed by atoms with Crippen LogP contribution in [0.5, 0.6) is 5.75 Å². The molecule has 1 saturated carbocycles. The minimum Gasteiger partial charge on any atom is -0.507 e. The van der Waals surface area contributed by atoms with Crippen LogP contribution in [-0.2, 0) is 4.79 Å². The van der Waals surface area contributed by atoms with Crippen molar-refractivity contribution in [3.63, 3.8) is 0 Å². The summed E-state index contributed by atoms with van der Waals surface area (Å²) >= 11 is 0. The molecule has 5 aromatic rings. The lowest BCUT2D eigenvalue weighted by atomic mass is 9.81. The van der Waals surface area contributed by atoms with Gasteiger partial charge in [-0.2, -0.15) is 0 Å². The molecule has 0 spiro atoms. The molecule has 3 aromatic heterocycles. The molecular weight excluding hydrogens is 800 g/mol. The Balaban J connectivity index is 0.735. The second-order valence-electron chi connectivity index (χ2n) is 18.5. The molecule has 5 fully saturated rings. The number of nitrogens with two attached hydrogens (primary N) is 1. The summed E-state index contributed by atoms with van der Waals surface area (Å²) in [6, 6.07) is 18.8. The summed E-state index contributed by atoms with van der Waals surface area (Å²) in [7, 11) is 0. The largest absolute Gasteiger partial charge is 0.507 e. The number of para-hydroxylation sites is 1. The van der Waals surface area contributed by atoms with E-state index in [4.69, 9.17) is 10.7 Å². The Labute approximate surface area is 366 Å². The maximum atomic E-state index is 16.5. The summed E-state index contributed by atoms with van der Waals surface area (Å²) in [6.07, 6.45) is 9.89. The summed E-state index contributed by atoms with van der Waals surface area (Å²) in [6.45, 7) is 6.84. The second kappa shape index (κ2) is 16.6. The van der Waals surface area contributed by atoms with E-state index in [1.807, 2.05) is 30.3 Å². The van der Waals surface area contributed by atoms with E-state index in [1.54, 1.807) is 28.1 Å². The number of halogens is 1. The number of imide groups is 1. The highest BCUT2D eigenvalue weighted by atomic mass is 19.1. The molecular formula is C48H55FN10O4. The number of hydrogen-bond acceptors (Lipinski definition) is 10. The van der Waals surface area contributed by atoms with Gasteiger partial charge in [0.05, 0.1) is 23.3 Å². The van der Waals surface area contributed by atoms with Crippen LogP contribution in [0.4, 0.5) is 26.4 Å². The third kappa shape index (κ3) is 8.18. The number of nitrogens with zero attached hydrogens (tertiary/aromatic N) is 8. The minimum absolute atomic E-state index is 0.0606. The number of aromatic hydroxyl groups is 1. The predicted octanol–water partition coefficient (Wildman–Crippen LogP) is 7.02. The molecule has 14 nitrogen and oxygen atoms in total. The molecule has 0 bridgehead atoms. The van der Waals surface area contributed by atoms with E-state index < -0.39 is 11.7 Å². The van der Waals surface area contributed by atoms with Crippen LogP contribution in [0, 0.1) is 5.92 Å². The topological polar surface area (TPSA) is 166 Å². The molecule has 4 amide bonds. The fourth-order valence-electron chi connectivity index (χ4n) is 10.4. The lowest BCUT2D eigenvalue weighted by Gasteiger charge is -2.41. The Bertz CT molecular complexity index is 2540. The third-order valence-electron chi connectivity index (χ3n) is 14.3. The summed E-state index contributed by atoms with van der Waals surface area (Å²) in [4.78, 5) is 50.8. The first kappa shape index (κ1) is 41.0. The molecule has 2 atom stereocenters. The van der Waals surface area contributed by atoms with Crippen molar-refractivity contribution in [2.45, 2.75) is 81.8 Å². The number of hydrogen-bond donors (Lipinski definition) is 3. The van der Waals surface area contributed by atoms with E-state index in [2.05, 4.69) is 61.2 Å². The summed E-state index contributed by atoms with van der Waals surface area (Å²) in [5, 5.41) is 22.4. The number of nitrogens with one attached hydrogen (secondary N) is 1. The van der Waals surface area contributed by atoms with Gasteiger partial charge in [0, 0.05) is 106 Å². The smallest absolute Gasteiger partial charge is 0.328 e. The van der Waals surface area contributed by atoms with Crippen molar-refractivity contribution in [1.29, 1.82) is 0 Å². The second-order valence-corrected chi connectivity index (χ2v) is 18.5. The lowest BCUT2D eigenvalue weighted by Crippen LogP contribution is -2.51. The number of piperidine rings is 3. The zero-order valence-corrected chi connectivity index (χ0v) is 35.8. The number of carbonyl (C=O) groups is 3. The number of nitrogen functional groups attached to an aromatic ring is 1. The molecule has 1 aliphatic carbocycles. The number of fused-ring (bicyclic) bond motifs is 1. The number of rotatable bonds is 9. The Morgan fingerprint density at radius 1 is 0.937 bits per heavy atom. The highest BCUT2D eigenvalue weighted by Gasteiger charge is 2.39.